The van der Waals surface area contributed by atoms with Crippen molar-refractivity contribution in [1.29, 1.82) is 0 Å². The summed E-state index contributed by atoms with van der Waals surface area (Å²) in [5.74, 6) is 0.741. The van der Waals surface area contributed by atoms with E-state index in [4.69, 9.17) is 5.73 Å². The molecule has 0 bridgehead atoms. The van der Waals surface area contributed by atoms with Gasteiger partial charge in [-0.1, -0.05) is 6.92 Å². The van der Waals surface area contributed by atoms with Gasteiger partial charge in [0.05, 0.1) is 5.69 Å². The number of carbonyl (C=O) groups excluding carboxylic acids is 1. The summed E-state index contributed by atoms with van der Waals surface area (Å²) in [7, 11) is 0. The number of aromatic amines is 1. The molecule has 7 heteroatoms. The quantitative estimate of drug-likeness (QED) is 0.655. The number of anilines is 1. The Bertz CT molecular complexity index is 545. The maximum absolute atomic E-state index is 12.1. The Morgan fingerprint density at radius 1 is 1.55 bits per heavy atom. The average molecular weight is 276 g/mol. The van der Waals surface area contributed by atoms with E-state index >= 15 is 0 Å². The third-order valence-electron chi connectivity index (χ3n) is 2.96. The summed E-state index contributed by atoms with van der Waals surface area (Å²) in [6.07, 6.45) is 5.81. The van der Waals surface area contributed by atoms with Crippen LogP contribution in [0.3, 0.4) is 0 Å². The summed E-state index contributed by atoms with van der Waals surface area (Å²) in [6, 6.07) is 1.71. The van der Waals surface area contributed by atoms with E-state index in [2.05, 4.69) is 27.4 Å². The molecule has 0 aliphatic heterocycles. The highest BCUT2D eigenvalue weighted by molar-refractivity contribution is 5.93. The highest BCUT2D eigenvalue weighted by Gasteiger charge is 2.11. The smallest absolute Gasteiger partial charge is 0.267 e. The van der Waals surface area contributed by atoms with Crippen LogP contribution in [0, 0.1) is 0 Å². The summed E-state index contributed by atoms with van der Waals surface area (Å²) in [5, 5.41) is 9.47. The molecular formula is C13H20N6O. The molecule has 0 atom stereocenters. The van der Waals surface area contributed by atoms with Crippen LogP contribution < -0.4 is 11.1 Å². The Morgan fingerprint density at radius 3 is 3.10 bits per heavy atom. The van der Waals surface area contributed by atoms with Crippen molar-refractivity contribution < 1.29 is 4.79 Å². The largest absolute Gasteiger partial charge is 0.397 e. The number of H-pyrrole nitrogens is 1. The van der Waals surface area contributed by atoms with Gasteiger partial charge in [0.2, 0.25) is 0 Å². The van der Waals surface area contributed by atoms with Gasteiger partial charge in [-0.05, 0) is 18.9 Å². The fraction of sp³-hybridized carbons (Fsp3) is 0.462. The lowest BCUT2D eigenvalue weighted by Crippen LogP contribution is -2.27. The summed E-state index contributed by atoms with van der Waals surface area (Å²) in [4.78, 5) is 16.1. The molecule has 20 heavy (non-hydrogen) atoms. The lowest BCUT2D eigenvalue weighted by Gasteiger charge is -2.08. The molecule has 0 radical (unpaired) electrons. The number of nitrogens with one attached hydrogen (secondary N) is 2. The lowest BCUT2D eigenvalue weighted by molar-refractivity contribution is 0.0943. The van der Waals surface area contributed by atoms with Crippen LogP contribution in [0.5, 0.6) is 0 Å². The fourth-order valence-corrected chi connectivity index (χ4v) is 2.05. The Balaban J connectivity index is 1.82. The van der Waals surface area contributed by atoms with Crippen molar-refractivity contribution in [3.05, 3.63) is 30.1 Å². The van der Waals surface area contributed by atoms with Crippen LogP contribution in [0.1, 0.15) is 36.1 Å². The van der Waals surface area contributed by atoms with Crippen molar-refractivity contribution >= 4 is 11.6 Å². The van der Waals surface area contributed by atoms with Crippen LogP contribution in [0.2, 0.25) is 0 Å². The molecule has 0 aliphatic rings. The van der Waals surface area contributed by atoms with Crippen LogP contribution in [-0.2, 0) is 13.0 Å². The first-order chi connectivity index (χ1) is 9.70. The highest BCUT2D eigenvalue weighted by Crippen LogP contribution is 2.11. The fourth-order valence-electron chi connectivity index (χ4n) is 2.05. The van der Waals surface area contributed by atoms with Crippen LogP contribution in [0.4, 0.5) is 5.69 Å². The van der Waals surface area contributed by atoms with Gasteiger partial charge in [0.25, 0.3) is 5.91 Å². The molecule has 2 heterocycles. The van der Waals surface area contributed by atoms with Crippen molar-refractivity contribution in [3.8, 4) is 0 Å². The lowest BCUT2D eigenvalue weighted by atomic mass is 10.3. The molecule has 7 nitrogen and oxygen atoms in total. The molecule has 0 unspecified atom stereocenters. The normalized spacial score (nSPS) is 10.7. The molecule has 0 aliphatic carbocycles. The zero-order chi connectivity index (χ0) is 14.4. The number of rotatable bonds is 7. The van der Waals surface area contributed by atoms with E-state index in [0.29, 0.717) is 17.9 Å². The topological polar surface area (TPSA) is 102 Å². The van der Waals surface area contributed by atoms with Crippen LogP contribution in [0.25, 0.3) is 0 Å². The van der Waals surface area contributed by atoms with Crippen LogP contribution in [0.15, 0.2) is 18.6 Å². The summed E-state index contributed by atoms with van der Waals surface area (Å²) in [5.41, 5.74) is 6.98. The molecule has 2 aromatic rings. The Morgan fingerprint density at radius 2 is 2.40 bits per heavy atom. The number of amides is 1. The second-order valence-electron chi connectivity index (χ2n) is 4.64. The van der Waals surface area contributed by atoms with Gasteiger partial charge in [-0.15, -0.1) is 0 Å². The number of nitrogen functional groups attached to an aromatic ring is 1. The van der Waals surface area contributed by atoms with E-state index in [1.807, 2.05) is 4.57 Å². The second kappa shape index (κ2) is 6.74. The SMILES string of the molecule is CCCn1cc(N)cc1C(=O)NCCCc1ncn[nH]1. The number of hydrogen-bond donors (Lipinski definition) is 3. The molecule has 2 aromatic heterocycles. The van der Waals surface area contributed by atoms with Crippen molar-refractivity contribution in [2.45, 2.75) is 32.7 Å². The van der Waals surface area contributed by atoms with E-state index in [1.165, 1.54) is 6.33 Å². The van der Waals surface area contributed by atoms with Crippen molar-refractivity contribution in [2.24, 2.45) is 0 Å². The number of nitrogens with two attached hydrogens (primary N) is 1. The monoisotopic (exact) mass is 276 g/mol. The highest BCUT2D eigenvalue weighted by atomic mass is 16.1. The number of carbonyl (C=O) groups is 1. The number of aromatic nitrogens is 4. The maximum Gasteiger partial charge on any atom is 0.267 e. The van der Waals surface area contributed by atoms with Gasteiger partial charge in [-0.25, -0.2) is 4.98 Å². The third-order valence-corrected chi connectivity index (χ3v) is 2.96. The molecule has 4 N–H and O–H groups in total. The molecule has 2 rings (SSSR count). The van der Waals surface area contributed by atoms with Crippen molar-refractivity contribution in [3.63, 3.8) is 0 Å². The van der Waals surface area contributed by atoms with Gasteiger partial charge in [0.1, 0.15) is 17.8 Å². The Hall–Kier alpha value is -2.31. The Kier molecular flexibility index (Phi) is 4.75. The molecule has 1 amide bonds. The minimum atomic E-state index is -0.0901. The molecule has 0 spiro atoms. The number of hydrogen-bond acceptors (Lipinski definition) is 4. The van der Waals surface area contributed by atoms with E-state index < -0.39 is 0 Å². The van der Waals surface area contributed by atoms with Gasteiger partial charge in [-0.3, -0.25) is 9.89 Å². The predicted molar refractivity (Wildman–Crippen MR) is 76.2 cm³/mol. The van der Waals surface area contributed by atoms with Gasteiger partial charge >= 0.3 is 0 Å². The molecule has 0 aromatic carbocycles. The predicted octanol–water partition coefficient (Wildman–Crippen LogP) is 0.961. The van der Waals surface area contributed by atoms with Gasteiger partial charge in [-0.2, -0.15) is 5.10 Å². The standard InChI is InChI=1S/C13H20N6O/c1-2-6-19-8-10(14)7-11(19)13(20)15-5-3-4-12-16-9-17-18-12/h7-9H,2-6,14H2,1H3,(H,15,20)(H,16,17,18). The van der Waals surface area contributed by atoms with Gasteiger partial charge in [0, 0.05) is 25.7 Å². The van der Waals surface area contributed by atoms with E-state index in [-0.39, 0.29) is 5.91 Å². The van der Waals surface area contributed by atoms with Gasteiger partial charge < -0.3 is 15.6 Å². The minimum Gasteiger partial charge on any atom is -0.397 e. The first-order valence-electron chi connectivity index (χ1n) is 6.78. The number of nitrogens with zero attached hydrogens (tertiary/aromatic N) is 3. The summed E-state index contributed by atoms with van der Waals surface area (Å²) < 4.78 is 1.89. The van der Waals surface area contributed by atoms with E-state index in [9.17, 15) is 4.79 Å². The minimum absolute atomic E-state index is 0.0901. The zero-order valence-corrected chi connectivity index (χ0v) is 11.6. The van der Waals surface area contributed by atoms with Crippen LogP contribution in [-0.4, -0.2) is 32.2 Å². The summed E-state index contributed by atoms with van der Waals surface area (Å²) in [6.45, 7) is 3.45. The molecule has 0 saturated carbocycles. The van der Waals surface area contributed by atoms with E-state index in [0.717, 1.165) is 31.6 Å². The first kappa shape index (κ1) is 14.1. The van der Waals surface area contributed by atoms with Gasteiger partial charge in [0.15, 0.2) is 0 Å². The summed E-state index contributed by atoms with van der Waals surface area (Å²) >= 11 is 0. The second-order valence-corrected chi connectivity index (χ2v) is 4.64. The molecule has 0 saturated heterocycles. The van der Waals surface area contributed by atoms with Crippen molar-refractivity contribution in [2.75, 3.05) is 12.3 Å². The first-order valence-corrected chi connectivity index (χ1v) is 6.78. The number of aryl methyl sites for hydroxylation is 2. The van der Waals surface area contributed by atoms with Crippen molar-refractivity contribution in [1.82, 2.24) is 25.1 Å². The third kappa shape index (κ3) is 3.59. The Labute approximate surface area is 117 Å². The zero-order valence-electron chi connectivity index (χ0n) is 11.6. The molecule has 0 fully saturated rings. The molecule has 108 valence electrons. The maximum atomic E-state index is 12.1. The van der Waals surface area contributed by atoms with E-state index in [1.54, 1.807) is 12.3 Å². The van der Waals surface area contributed by atoms with Crippen LogP contribution >= 0.6 is 0 Å². The molecular weight excluding hydrogens is 256 g/mol. The average Bonchev–Trinajstić information content (AvgIpc) is 3.05.